The quantitative estimate of drug-likeness (QED) is 0.611. The van der Waals surface area contributed by atoms with Gasteiger partial charge in [-0.25, -0.2) is 8.78 Å². The van der Waals surface area contributed by atoms with Gasteiger partial charge in [0.25, 0.3) is 5.91 Å². The third kappa shape index (κ3) is 3.96. The molecule has 3 rings (SSSR count). The number of nitrogens with two attached hydrogens (primary N) is 1. The maximum atomic E-state index is 14.6. The minimum Gasteiger partial charge on any atom is -0.386 e. The molecule has 0 unspecified atom stereocenters. The molecular formula is C19H17F2N3O2S. The molecule has 140 valence electrons. The summed E-state index contributed by atoms with van der Waals surface area (Å²) in [4.78, 5) is 15.9. The molecule has 0 bridgehead atoms. The summed E-state index contributed by atoms with van der Waals surface area (Å²) in [6.07, 6.45) is 3.13. The Morgan fingerprint density at radius 2 is 1.78 bits per heavy atom. The molecule has 3 aromatic rings. The molecule has 0 aliphatic carbocycles. The Morgan fingerprint density at radius 1 is 1.19 bits per heavy atom. The number of carbonyl (C=O) groups is 1. The minimum atomic E-state index is -1.39. The highest BCUT2D eigenvalue weighted by molar-refractivity contribution is 7.20. The molecule has 0 atom stereocenters. The van der Waals surface area contributed by atoms with E-state index < -0.39 is 23.1 Å². The Hall–Kier alpha value is -2.84. The summed E-state index contributed by atoms with van der Waals surface area (Å²) < 4.78 is 29.2. The predicted molar refractivity (Wildman–Crippen MR) is 101 cm³/mol. The van der Waals surface area contributed by atoms with Gasteiger partial charge in [-0.3, -0.25) is 9.78 Å². The fourth-order valence-corrected chi connectivity index (χ4v) is 3.65. The van der Waals surface area contributed by atoms with E-state index in [9.17, 15) is 18.7 Å². The number of halogens is 2. The highest BCUT2D eigenvalue weighted by atomic mass is 32.1. The number of carbonyl (C=O) groups excluding carboxylic acids is 1. The second kappa shape index (κ2) is 7.05. The Labute approximate surface area is 158 Å². The van der Waals surface area contributed by atoms with Crippen molar-refractivity contribution in [1.82, 2.24) is 4.98 Å². The lowest BCUT2D eigenvalue weighted by Crippen LogP contribution is -2.16. The number of rotatable bonds is 5. The number of benzene rings is 1. The summed E-state index contributed by atoms with van der Waals surface area (Å²) in [7, 11) is 0. The summed E-state index contributed by atoms with van der Waals surface area (Å²) in [5, 5.41) is 13.4. The molecule has 1 amide bonds. The number of amides is 1. The molecule has 0 spiro atoms. The van der Waals surface area contributed by atoms with Crippen molar-refractivity contribution in [3.63, 3.8) is 0 Å². The summed E-state index contributed by atoms with van der Waals surface area (Å²) in [5.74, 6) is -2.39. The summed E-state index contributed by atoms with van der Waals surface area (Å²) in [6.45, 7) is 2.88. The van der Waals surface area contributed by atoms with E-state index >= 15 is 0 Å². The molecular weight excluding hydrogens is 372 g/mol. The molecule has 8 heteroatoms. The van der Waals surface area contributed by atoms with Crippen LogP contribution in [0.15, 0.2) is 42.7 Å². The Balaban J connectivity index is 2.08. The van der Waals surface area contributed by atoms with Crippen LogP contribution in [0.2, 0.25) is 0 Å². The summed E-state index contributed by atoms with van der Waals surface area (Å²) in [6, 6.07) is 6.88. The number of anilines is 2. The Kier molecular flexibility index (Phi) is 4.95. The number of hydrogen-bond donors (Lipinski definition) is 3. The van der Waals surface area contributed by atoms with Gasteiger partial charge in [0.15, 0.2) is 0 Å². The normalized spacial score (nSPS) is 11.4. The van der Waals surface area contributed by atoms with Crippen molar-refractivity contribution in [3.05, 3.63) is 65.5 Å². The predicted octanol–water partition coefficient (Wildman–Crippen LogP) is 4.16. The average molecular weight is 389 g/mol. The van der Waals surface area contributed by atoms with Crippen LogP contribution >= 0.6 is 11.3 Å². The second-order valence-corrected chi connectivity index (χ2v) is 7.50. The van der Waals surface area contributed by atoms with Crippen LogP contribution in [-0.2, 0) is 5.60 Å². The molecule has 4 N–H and O–H groups in total. The average Bonchev–Trinajstić information content (AvgIpc) is 2.98. The molecule has 5 nitrogen and oxygen atoms in total. The van der Waals surface area contributed by atoms with E-state index in [1.807, 2.05) is 0 Å². The SMILES string of the molecule is CC(C)(O)c1cc(F)c(-c2cc(C(N)=O)c(Nc3ccncc3)s2)c(F)c1. The van der Waals surface area contributed by atoms with Gasteiger partial charge in [0.2, 0.25) is 0 Å². The van der Waals surface area contributed by atoms with Crippen LogP contribution in [0.5, 0.6) is 0 Å². The van der Waals surface area contributed by atoms with E-state index in [-0.39, 0.29) is 21.6 Å². The van der Waals surface area contributed by atoms with Gasteiger partial charge >= 0.3 is 0 Å². The third-order valence-corrected chi connectivity index (χ3v) is 5.00. The topological polar surface area (TPSA) is 88.2 Å². The van der Waals surface area contributed by atoms with Gasteiger partial charge in [-0.05, 0) is 49.7 Å². The van der Waals surface area contributed by atoms with Crippen molar-refractivity contribution in [1.29, 1.82) is 0 Å². The lowest BCUT2D eigenvalue weighted by molar-refractivity contribution is 0.0778. The smallest absolute Gasteiger partial charge is 0.251 e. The number of nitrogens with zero attached hydrogens (tertiary/aromatic N) is 1. The van der Waals surface area contributed by atoms with E-state index in [4.69, 9.17) is 5.73 Å². The Bertz CT molecular complexity index is 975. The number of nitrogens with one attached hydrogen (secondary N) is 1. The van der Waals surface area contributed by atoms with E-state index in [0.29, 0.717) is 10.7 Å². The zero-order valence-electron chi connectivity index (χ0n) is 14.6. The van der Waals surface area contributed by atoms with Crippen LogP contribution in [0, 0.1) is 11.6 Å². The molecule has 0 aliphatic heterocycles. The van der Waals surface area contributed by atoms with Crippen LogP contribution in [0.25, 0.3) is 10.4 Å². The summed E-state index contributed by atoms with van der Waals surface area (Å²) in [5.41, 5.74) is 4.63. The Morgan fingerprint density at radius 3 is 2.30 bits per heavy atom. The van der Waals surface area contributed by atoms with Crippen LogP contribution in [-0.4, -0.2) is 16.0 Å². The zero-order chi connectivity index (χ0) is 19.8. The molecule has 0 fully saturated rings. The number of aromatic nitrogens is 1. The van der Waals surface area contributed by atoms with Gasteiger partial charge in [0.05, 0.1) is 16.7 Å². The van der Waals surface area contributed by atoms with Crippen molar-refractivity contribution in [2.24, 2.45) is 5.73 Å². The molecule has 27 heavy (non-hydrogen) atoms. The number of aliphatic hydroxyl groups is 1. The fourth-order valence-electron chi connectivity index (χ4n) is 2.52. The molecule has 0 aliphatic rings. The second-order valence-electron chi connectivity index (χ2n) is 6.45. The molecule has 0 saturated carbocycles. The van der Waals surface area contributed by atoms with Gasteiger partial charge in [-0.15, -0.1) is 11.3 Å². The standard InChI is InChI=1S/C19H17F2N3O2S/c1-19(2,26)10-7-13(20)16(14(21)8-10)15-9-12(17(22)25)18(27-15)24-11-3-5-23-6-4-11/h3-9,26H,1-2H3,(H2,22,25)(H,23,24). The van der Waals surface area contributed by atoms with Gasteiger partial charge in [0.1, 0.15) is 16.6 Å². The number of thiophene rings is 1. The van der Waals surface area contributed by atoms with Gasteiger partial charge in [-0.2, -0.15) is 0 Å². The van der Waals surface area contributed by atoms with E-state index in [1.165, 1.54) is 19.9 Å². The van der Waals surface area contributed by atoms with Crippen LogP contribution in [0.4, 0.5) is 19.5 Å². The van der Waals surface area contributed by atoms with Crippen molar-refractivity contribution >= 4 is 27.9 Å². The molecule has 0 saturated heterocycles. The van der Waals surface area contributed by atoms with E-state index in [2.05, 4.69) is 10.3 Å². The highest BCUT2D eigenvalue weighted by Gasteiger charge is 2.24. The maximum Gasteiger partial charge on any atom is 0.251 e. The van der Waals surface area contributed by atoms with Crippen LogP contribution in [0.1, 0.15) is 29.8 Å². The third-order valence-electron chi connectivity index (χ3n) is 3.93. The van der Waals surface area contributed by atoms with E-state index in [0.717, 1.165) is 23.5 Å². The lowest BCUT2D eigenvalue weighted by Gasteiger charge is -2.18. The highest BCUT2D eigenvalue weighted by Crippen LogP contribution is 2.40. The van der Waals surface area contributed by atoms with Crippen LogP contribution in [0.3, 0.4) is 0 Å². The number of pyridine rings is 1. The first-order chi connectivity index (χ1) is 12.7. The number of primary amides is 1. The summed E-state index contributed by atoms with van der Waals surface area (Å²) >= 11 is 1.00. The molecule has 0 radical (unpaired) electrons. The van der Waals surface area contributed by atoms with Crippen molar-refractivity contribution in [2.75, 3.05) is 5.32 Å². The van der Waals surface area contributed by atoms with Crippen molar-refractivity contribution in [2.45, 2.75) is 19.4 Å². The molecule has 1 aromatic carbocycles. The van der Waals surface area contributed by atoms with E-state index in [1.54, 1.807) is 24.5 Å². The zero-order valence-corrected chi connectivity index (χ0v) is 15.4. The first-order valence-corrected chi connectivity index (χ1v) is 8.81. The van der Waals surface area contributed by atoms with Gasteiger partial charge in [0, 0.05) is 23.0 Å². The lowest BCUT2D eigenvalue weighted by atomic mass is 9.96. The largest absolute Gasteiger partial charge is 0.386 e. The first-order valence-electron chi connectivity index (χ1n) is 8.00. The monoisotopic (exact) mass is 389 g/mol. The molecule has 2 aromatic heterocycles. The fraction of sp³-hybridized carbons (Fsp3) is 0.158. The van der Waals surface area contributed by atoms with Gasteiger partial charge in [-0.1, -0.05) is 0 Å². The minimum absolute atomic E-state index is 0.114. The first kappa shape index (κ1) is 18.9. The molecule has 2 heterocycles. The van der Waals surface area contributed by atoms with Crippen molar-refractivity contribution in [3.8, 4) is 10.4 Å². The van der Waals surface area contributed by atoms with Crippen molar-refractivity contribution < 1.29 is 18.7 Å². The van der Waals surface area contributed by atoms with Gasteiger partial charge < -0.3 is 16.2 Å². The number of hydrogen-bond acceptors (Lipinski definition) is 5. The van der Waals surface area contributed by atoms with Crippen LogP contribution < -0.4 is 11.1 Å². The maximum absolute atomic E-state index is 14.6.